The van der Waals surface area contributed by atoms with Crippen LogP contribution in [0.4, 0.5) is 5.69 Å². The largest absolute Gasteiger partial charge is 0.0588 e. The van der Waals surface area contributed by atoms with Crippen molar-refractivity contribution < 1.29 is 0 Å². The Balaban J connectivity index is 0.000000174. The predicted molar refractivity (Wildman–Crippen MR) is 107 cm³/mol. The summed E-state index contributed by atoms with van der Waals surface area (Å²) in [5, 5.41) is 1.04. The first-order valence-electron chi connectivity index (χ1n) is 8.47. The number of nitrogens with one attached hydrogen (secondary N) is 1. The number of fused-ring (bicyclic) bond motifs is 4. The minimum Gasteiger partial charge on any atom is -0.0588 e. The number of aromatic nitrogens is 2. The number of H-pyrrole nitrogens is 1. The van der Waals surface area contributed by atoms with Crippen LogP contribution in [0.1, 0.15) is 11.1 Å². The van der Waals surface area contributed by atoms with Gasteiger partial charge in [0.1, 0.15) is 0 Å². The van der Waals surface area contributed by atoms with Gasteiger partial charge >= 0.3 is 112 Å². The molecule has 2 bridgehead atoms. The van der Waals surface area contributed by atoms with E-state index in [1.807, 2.05) is 30.3 Å². The van der Waals surface area contributed by atoms with Gasteiger partial charge < -0.3 is 0 Å². The summed E-state index contributed by atoms with van der Waals surface area (Å²) in [6.45, 7) is 0. The molecule has 26 heavy (non-hydrogen) atoms. The molecular weight excluding hydrogens is 385 g/mol. The van der Waals surface area contributed by atoms with Crippen molar-refractivity contribution in [3.63, 3.8) is 0 Å². The molecule has 0 atom stereocenters. The Kier molecular flexibility index (Phi) is 4.44. The summed E-state index contributed by atoms with van der Waals surface area (Å²) >= 11 is 2.22. The molecule has 2 aliphatic carbocycles. The summed E-state index contributed by atoms with van der Waals surface area (Å²) in [5.74, 6) is 0. The molecule has 2 aromatic heterocycles. The van der Waals surface area contributed by atoms with Crippen molar-refractivity contribution in [2.24, 2.45) is 0 Å². The first-order valence-corrected chi connectivity index (χ1v) is 9.31. The molecule has 5 heteroatoms. The minimum atomic E-state index is -0.0444. The average Bonchev–Trinajstić information content (AvgIpc) is 3.09. The van der Waals surface area contributed by atoms with Crippen LogP contribution in [0.2, 0.25) is 0 Å². The van der Waals surface area contributed by atoms with Crippen LogP contribution in [-0.2, 0) is 12.8 Å². The molecule has 4 nitrogen and oxygen atoms in total. The maximum absolute atomic E-state index is 12.0. The predicted octanol–water partition coefficient (Wildman–Crippen LogP) is 3.30. The van der Waals surface area contributed by atoms with Gasteiger partial charge in [0.15, 0.2) is 0 Å². The molecule has 0 saturated heterocycles. The third-order valence-electron chi connectivity index (χ3n) is 4.59. The molecule has 0 saturated carbocycles. The van der Waals surface area contributed by atoms with Crippen LogP contribution >= 0.6 is 0 Å². The normalized spacial score (nSPS) is 12.0. The van der Waals surface area contributed by atoms with Crippen molar-refractivity contribution in [1.82, 2.24) is 8.47 Å². The molecule has 0 aliphatic heterocycles. The van der Waals surface area contributed by atoms with Crippen molar-refractivity contribution in [3.05, 3.63) is 88.3 Å². The van der Waals surface area contributed by atoms with Gasteiger partial charge in [-0.3, -0.25) is 0 Å². The average molecular weight is 403 g/mol. The minimum absolute atomic E-state index is 0.0444. The number of anilines is 1. The molecule has 4 aromatic rings. The van der Waals surface area contributed by atoms with Gasteiger partial charge in [-0.05, 0) is 24.0 Å². The fourth-order valence-electron chi connectivity index (χ4n) is 3.14. The summed E-state index contributed by atoms with van der Waals surface area (Å²) in [6, 6.07) is 20.1. The molecule has 0 unspecified atom stereocenters. The van der Waals surface area contributed by atoms with Crippen LogP contribution in [0.15, 0.2) is 71.7 Å². The van der Waals surface area contributed by atoms with Crippen LogP contribution in [-0.4, -0.2) is 25.5 Å². The number of aromatic amines is 1. The second-order valence-electron chi connectivity index (χ2n) is 6.42. The molecule has 0 amide bonds. The van der Waals surface area contributed by atoms with E-state index in [4.69, 9.17) is 5.73 Å². The molecular formula is C21H18AsN3O. The quantitative estimate of drug-likeness (QED) is 0.379. The van der Waals surface area contributed by atoms with Crippen molar-refractivity contribution in [2.45, 2.75) is 12.8 Å². The van der Waals surface area contributed by atoms with Gasteiger partial charge in [-0.15, -0.1) is 0 Å². The molecule has 3 N–H and O–H groups in total. The second kappa shape index (κ2) is 6.89. The molecule has 6 rings (SSSR count). The van der Waals surface area contributed by atoms with Gasteiger partial charge in [0.05, 0.1) is 0 Å². The topological polar surface area (TPSA) is 63.8 Å². The Morgan fingerprint density at radius 1 is 0.962 bits per heavy atom. The van der Waals surface area contributed by atoms with E-state index < -0.39 is 0 Å². The number of hydrogen-bond acceptors (Lipinski definition) is 2. The molecule has 2 aromatic carbocycles. The number of benzene rings is 2. The SMILES string of the molecule is Nc1ccc2cc(-c3cccn([As])c3=O)[nH]c2c1.c1cc2ccc1CC2. The zero-order valence-corrected chi connectivity index (χ0v) is 16.0. The first-order chi connectivity index (χ1) is 12.6. The number of nitrogens with two attached hydrogens (primary N) is 1. The Morgan fingerprint density at radius 2 is 1.65 bits per heavy atom. The van der Waals surface area contributed by atoms with Crippen molar-refractivity contribution >= 4 is 33.7 Å². The van der Waals surface area contributed by atoms with Gasteiger partial charge in [0.2, 0.25) is 0 Å². The Hall–Kier alpha value is -2.71. The zero-order chi connectivity index (χ0) is 18.1. The van der Waals surface area contributed by atoms with E-state index in [9.17, 15) is 4.79 Å². The molecule has 2 radical (unpaired) electrons. The first kappa shape index (κ1) is 16.7. The molecule has 0 fully saturated rings. The smallest absolute Gasteiger partial charge is 0.0238 e. The van der Waals surface area contributed by atoms with Crippen LogP contribution in [0.5, 0.6) is 0 Å². The van der Waals surface area contributed by atoms with Gasteiger partial charge in [-0.25, -0.2) is 0 Å². The van der Waals surface area contributed by atoms with Crippen molar-refractivity contribution in [1.29, 1.82) is 0 Å². The number of nitrogen functional groups attached to an aromatic ring is 1. The monoisotopic (exact) mass is 403 g/mol. The summed E-state index contributed by atoms with van der Waals surface area (Å²) in [4.78, 5) is 15.2. The molecule has 128 valence electrons. The number of hydrogen-bond donors (Lipinski definition) is 2. The molecule has 2 heterocycles. The van der Waals surface area contributed by atoms with Crippen LogP contribution in [0.25, 0.3) is 22.2 Å². The summed E-state index contributed by atoms with van der Waals surface area (Å²) in [6.07, 6.45) is 4.25. The van der Waals surface area contributed by atoms with Gasteiger partial charge in [-0.1, -0.05) is 24.3 Å². The van der Waals surface area contributed by atoms with Gasteiger partial charge in [0.25, 0.3) is 0 Å². The van der Waals surface area contributed by atoms with Crippen LogP contribution in [0.3, 0.4) is 0 Å². The third kappa shape index (κ3) is 3.33. The van der Waals surface area contributed by atoms with Gasteiger partial charge in [0, 0.05) is 0 Å². The zero-order valence-electron chi connectivity index (χ0n) is 14.1. The van der Waals surface area contributed by atoms with E-state index in [0.29, 0.717) is 11.3 Å². The Morgan fingerprint density at radius 3 is 2.27 bits per heavy atom. The number of rotatable bonds is 1. The van der Waals surface area contributed by atoms with Crippen LogP contribution in [0, 0.1) is 0 Å². The van der Waals surface area contributed by atoms with E-state index in [1.54, 1.807) is 12.3 Å². The second-order valence-corrected chi connectivity index (χ2v) is 7.32. The number of pyridine rings is 1. The molecule has 2 aliphatic rings. The van der Waals surface area contributed by atoms with E-state index >= 15 is 0 Å². The Labute approximate surface area is 160 Å². The molecule has 0 spiro atoms. The van der Waals surface area contributed by atoms with E-state index in [0.717, 1.165) is 16.6 Å². The number of aryl methyl sites for hydroxylation is 2. The van der Waals surface area contributed by atoms with E-state index in [1.165, 1.54) is 27.5 Å². The van der Waals surface area contributed by atoms with Crippen molar-refractivity contribution in [2.75, 3.05) is 5.73 Å². The summed E-state index contributed by atoms with van der Waals surface area (Å²) < 4.78 is 1.50. The number of nitrogens with zero attached hydrogens (tertiary/aromatic N) is 1. The fraction of sp³-hybridized carbons (Fsp3) is 0.0952. The van der Waals surface area contributed by atoms with E-state index in [2.05, 4.69) is 46.3 Å². The standard InChI is InChI=1S/C13H10AsN3O.C8H8/c14-17-5-1-2-10(13(17)18)12-6-8-3-4-9(15)7-11(8)16-12;1-2-8-5-3-7(1)4-6-8/h1-7,16H,15H2;1-3,5H,4,6H2. The fourth-order valence-corrected chi connectivity index (χ4v) is 3.53. The van der Waals surface area contributed by atoms with Gasteiger partial charge in [-0.2, -0.15) is 0 Å². The Bertz CT molecular complexity index is 1100. The maximum atomic E-state index is 12.0. The third-order valence-corrected chi connectivity index (χ3v) is 5.25. The summed E-state index contributed by atoms with van der Waals surface area (Å²) in [7, 11) is 0. The van der Waals surface area contributed by atoms with Crippen molar-refractivity contribution in [3.8, 4) is 11.3 Å². The van der Waals surface area contributed by atoms with Crippen LogP contribution < -0.4 is 11.3 Å². The van der Waals surface area contributed by atoms with E-state index in [-0.39, 0.29) is 5.56 Å². The maximum Gasteiger partial charge on any atom is -0.0238 e. The summed E-state index contributed by atoms with van der Waals surface area (Å²) in [5.41, 5.74) is 11.8.